The molecule has 26 heavy (non-hydrogen) atoms. The van der Waals surface area contributed by atoms with Crippen LogP contribution in [0, 0.1) is 0 Å². The second kappa shape index (κ2) is 8.74. The van der Waals surface area contributed by atoms with Gasteiger partial charge < -0.3 is 10.1 Å². The smallest absolute Gasteiger partial charge is 0.261 e. The van der Waals surface area contributed by atoms with E-state index in [4.69, 9.17) is 9.72 Å². The highest BCUT2D eigenvalue weighted by molar-refractivity contribution is 5.77. The van der Waals surface area contributed by atoms with Gasteiger partial charge >= 0.3 is 0 Å². The molecule has 3 aromatic rings. The Labute approximate surface area is 153 Å². The minimum Gasteiger partial charge on any atom is -0.379 e. The van der Waals surface area contributed by atoms with Crippen LogP contribution >= 0.6 is 0 Å². The Balaban J connectivity index is 2.09. The zero-order valence-electron chi connectivity index (χ0n) is 15.4. The van der Waals surface area contributed by atoms with E-state index in [1.165, 1.54) is 0 Å². The monoisotopic (exact) mass is 352 g/mol. The predicted molar refractivity (Wildman–Crippen MR) is 103 cm³/mol. The van der Waals surface area contributed by atoms with Gasteiger partial charge in [0.25, 0.3) is 5.56 Å². The average Bonchev–Trinajstić information content (AvgIpc) is 2.68. The first-order chi connectivity index (χ1) is 12.7. The summed E-state index contributed by atoms with van der Waals surface area (Å²) in [5.41, 5.74) is 1.88. The summed E-state index contributed by atoms with van der Waals surface area (Å²) in [6.07, 6.45) is 0.892. The molecule has 0 aliphatic heterocycles. The molecule has 0 bridgehead atoms. The van der Waals surface area contributed by atoms with E-state index in [-0.39, 0.29) is 11.6 Å². The number of hydrogen-bond donors (Lipinski definition) is 1. The summed E-state index contributed by atoms with van der Waals surface area (Å²) in [6.45, 7) is 4.17. The molecule has 0 saturated carbocycles. The summed E-state index contributed by atoms with van der Waals surface area (Å²) in [4.78, 5) is 18.1. The summed E-state index contributed by atoms with van der Waals surface area (Å²) in [6, 6.07) is 17.8. The summed E-state index contributed by atoms with van der Waals surface area (Å²) in [5, 5.41) is 2.88. The van der Waals surface area contributed by atoms with Crippen molar-refractivity contribution in [2.75, 3.05) is 20.3 Å². The van der Waals surface area contributed by atoms with Crippen LogP contribution in [0.3, 0.4) is 0 Å². The minimum absolute atomic E-state index is 0.0213. The number of hydrogen-bond acceptors (Lipinski definition) is 3. The Hall–Kier alpha value is -2.50. The fourth-order valence-electron chi connectivity index (χ4n) is 3.23. The van der Waals surface area contributed by atoms with Crippen molar-refractivity contribution in [2.24, 2.45) is 0 Å². The molecule has 0 amide bonds. The van der Waals surface area contributed by atoms with E-state index in [1.807, 2.05) is 59.2 Å². The third-order valence-electron chi connectivity index (χ3n) is 4.62. The van der Waals surface area contributed by atoms with Crippen molar-refractivity contribution in [3.05, 3.63) is 76.3 Å². The van der Waals surface area contributed by atoms with E-state index in [2.05, 4.69) is 12.2 Å². The van der Waals surface area contributed by atoms with Crippen LogP contribution in [-0.4, -0.2) is 29.8 Å². The van der Waals surface area contributed by atoms with E-state index < -0.39 is 0 Å². The highest BCUT2D eigenvalue weighted by atomic mass is 16.5. The Kier molecular flexibility index (Phi) is 6.15. The van der Waals surface area contributed by atoms with Crippen molar-refractivity contribution < 1.29 is 10.1 Å². The molecule has 0 fully saturated rings. The number of quaternary nitrogens is 1. The molecule has 1 heterocycles. The van der Waals surface area contributed by atoms with E-state index in [0.29, 0.717) is 18.5 Å². The number of rotatable bonds is 8. The zero-order valence-corrected chi connectivity index (χ0v) is 15.4. The number of fused-ring (bicyclic) bond motifs is 1. The fourth-order valence-corrected chi connectivity index (χ4v) is 3.23. The van der Waals surface area contributed by atoms with Crippen LogP contribution in [0.5, 0.6) is 0 Å². The molecule has 3 rings (SSSR count). The van der Waals surface area contributed by atoms with Crippen LogP contribution in [-0.2, 0) is 11.3 Å². The number of benzene rings is 2. The van der Waals surface area contributed by atoms with Crippen molar-refractivity contribution in [2.45, 2.75) is 25.9 Å². The van der Waals surface area contributed by atoms with Crippen LogP contribution in [0.1, 0.15) is 30.8 Å². The molecule has 0 unspecified atom stereocenters. The Morgan fingerprint density at radius 1 is 1.12 bits per heavy atom. The number of nitrogens with zero attached hydrogens (tertiary/aromatic N) is 2. The van der Waals surface area contributed by atoms with Gasteiger partial charge in [-0.25, -0.2) is 4.98 Å². The van der Waals surface area contributed by atoms with Gasteiger partial charge in [0.15, 0.2) is 5.82 Å². The molecule has 136 valence electrons. The maximum atomic E-state index is 13.2. The van der Waals surface area contributed by atoms with Gasteiger partial charge in [-0.1, -0.05) is 49.4 Å². The van der Waals surface area contributed by atoms with E-state index in [0.717, 1.165) is 29.9 Å². The Morgan fingerprint density at radius 2 is 1.85 bits per heavy atom. The van der Waals surface area contributed by atoms with Gasteiger partial charge in [-0.15, -0.1) is 0 Å². The lowest BCUT2D eigenvalue weighted by Crippen LogP contribution is -2.86. The third-order valence-corrected chi connectivity index (χ3v) is 4.62. The van der Waals surface area contributed by atoms with Gasteiger partial charge in [0.05, 0.1) is 30.6 Å². The molecule has 0 radical (unpaired) electrons. The summed E-state index contributed by atoms with van der Waals surface area (Å²) >= 11 is 0. The molecule has 0 aliphatic carbocycles. The molecule has 5 nitrogen and oxygen atoms in total. The zero-order chi connectivity index (χ0) is 18.4. The highest BCUT2D eigenvalue weighted by Crippen LogP contribution is 2.15. The van der Waals surface area contributed by atoms with E-state index in [1.54, 1.807) is 7.11 Å². The molecular weight excluding hydrogens is 326 g/mol. The third kappa shape index (κ3) is 4.00. The van der Waals surface area contributed by atoms with Gasteiger partial charge in [0.1, 0.15) is 6.04 Å². The van der Waals surface area contributed by atoms with Crippen LogP contribution in [0.15, 0.2) is 59.4 Å². The maximum Gasteiger partial charge on any atom is 0.261 e. The number of para-hydroxylation sites is 1. The highest BCUT2D eigenvalue weighted by Gasteiger charge is 2.21. The van der Waals surface area contributed by atoms with Crippen molar-refractivity contribution in [1.29, 1.82) is 0 Å². The van der Waals surface area contributed by atoms with Gasteiger partial charge in [-0.2, -0.15) is 0 Å². The van der Waals surface area contributed by atoms with Crippen LogP contribution < -0.4 is 10.9 Å². The molecule has 2 aromatic carbocycles. The van der Waals surface area contributed by atoms with Crippen LogP contribution in [0.25, 0.3) is 10.9 Å². The normalized spacial score (nSPS) is 12.4. The van der Waals surface area contributed by atoms with Crippen LogP contribution in [0.2, 0.25) is 0 Å². The predicted octanol–water partition coefficient (Wildman–Crippen LogP) is 2.11. The first-order valence-corrected chi connectivity index (χ1v) is 9.10. The molecule has 2 N–H and O–H groups in total. The fraction of sp³-hybridized carbons (Fsp3) is 0.333. The molecule has 5 heteroatoms. The summed E-state index contributed by atoms with van der Waals surface area (Å²) in [7, 11) is 1.70. The average molecular weight is 352 g/mol. The lowest BCUT2D eigenvalue weighted by Gasteiger charge is -2.19. The summed E-state index contributed by atoms with van der Waals surface area (Å²) < 4.78 is 7.00. The van der Waals surface area contributed by atoms with Gasteiger partial charge in [-0.3, -0.25) is 9.36 Å². The molecule has 0 saturated heterocycles. The van der Waals surface area contributed by atoms with Crippen molar-refractivity contribution in [3.63, 3.8) is 0 Å². The van der Waals surface area contributed by atoms with Crippen molar-refractivity contribution >= 4 is 10.9 Å². The van der Waals surface area contributed by atoms with E-state index in [9.17, 15) is 4.79 Å². The Bertz CT molecular complexity index is 906. The first kappa shape index (κ1) is 18.3. The standard InChI is InChI=1S/C21H25N3O2/c1-3-18(22-13-14-26-2)20-23-19-12-8-7-11-17(19)21(25)24(20)15-16-9-5-4-6-10-16/h4-12,18,22H,3,13-15H2,1-2H3/p+1/t18-/m0/s1. The van der Waals surface area contributed by atoms with Crippen LogP contribution in [0.4, 0.5) is 0 Å². The van der Waals surface area contributed by atoms with Gasteiger partial charge in [-0.05, 0) is 17.7 Å². The number of ether oxygens (including phenoxy) is 1. The summed E-state index contributed by atoms with van der Waals surface area (Å²) in [5.74, 6) is 0.830. The first-order valence-electron chi connectivity index (χ1n) is 9.10. The van der Waals surface area contributed by atoms with E-state index >= 15 is 0 Å². The van der Waals surface area contributed by atoms with Crippen molar-refractivity contribution in [3.8, 4) is 0 Å². The van der Waals surface area contributed by atoms with Crippen molar-refractivity contribution in [1.82, 2.24) is 9.55 Å². The topological polar surface area (TPSA) is 60.7 Å². The SMILES string of the molecule is CC[C@H]([NH2+]CCOC)c1nc2ccccc2c(=O)n1Cc1ccccc1. The second-order valence-corrected chi connectivity index (χ2v) is 6.40. The maximum absolute atomic E-state index is 13.2. The minimum atomic E-state index is 0.0213. The lowest BCUT2D eigenvalue weighted by molar-refractivity contribution is -0.698. The Morgan fingerprint density at radius 3 is 2.58 bits per heavy atom. The number of nitrogens with two attached hydrogens (primary N) is 1. The molecule has 1 aromatic heterocycles. The molecular formula is C21H26N3O2+. The quantitative estimate of drug-likeness (QED) is 0.632. The number of aromatic nitrogens is 2. The largest absolute Gasteiger partial charge is 0.379 e. The second-order valence-electron chi connectivity index (χ2n) is 6.40. The van der Waals surface area contributed by atoms with Gasteiger partial charge in [0.2, 0.25) is 0 Å². The van der Waals surface area contributed by atoms with Gasteiger partial charge in [0, 0.05) is 13.5 Å². The number of methoxy groups -OCH3 is 1. The molecule has 1 atom stereocenters. The molecule has 0 spiro atoms. The lowest BCUT2D eigenvalue weighted by atomic mass is 10.1. The molecule has 0 aliphatic rings.